The van der Waals surface area contributed by atoms with Gasteiger partial charge in [0.05, 0.1) is 18.0 Å². The van der Waals surface area contributed by atoms with Crippen LogP contribution in [-0.4, -0.2) is 18.1 Å². The van der Waals surface area contributed by atoms with Gasteiger partial charge in [0.25, 0.3) is 0 Å². The Bertz CT molecular complexity index is 951. The number of rotatable bonds is 1. The van der Waals surface area contributed by atoms with Crippen LogP contribution >= 0.6 is 0 Å². The van der Waals surface area contributed by atoms with E-state index >= 15 is 0 Å². The summed E-state index contributed by atoms with van der Waals surface area (Å²) in [5, 5.41) is 0.874. The molecule has 1 aromatic carbocycles. The Morgan fingerprint density at radius 1 is 1.20 bits per heavy atom. The monoisotopic (exact) mass is 271 g/mol. The Morgan fingerprint density at radius 2 is 2.00 bits per heavy atom. The zero-order chi connectivity index (χ0) is 14.3. The lowest BCUT2D eigenvalue weighted by atomic mass is 10.1. The van der Waals surface area contributed by atoms with Crippen LogP contribution in [0.1, 0.15) is 10.5 Å². The molecule has 0 saturated carbocycles. The summed E-state index contributed by atoms with van der Waals surface area (Å²) in [6.45, 7) is 0. The number of carbonyl (C=O) groups excluding carboxylic acids is 1. The molecule has 3 rings (SSSR count). The van der Waals surface area contributed by atoms with Gasteiger partial charge in [-0.1, -0.05) is 0 Å². The smallest absolute Gasteiger partial charge is 0.354 e. The quantitative estimate of drug-likeness (QED) is 0.410. The number of aromatic amines is 1. The number of methoxy groups -OCH3 is 1. The first-order chi connectivity index (χ1) is 9.60. The molecule has 0 saturated heterocycles. The molecule has 0 atom stereocenters. The van der Waals surface area contributed by atoms with E-state index in [2.05, 4.69) is 9.72 Å². The Morgan fingerprint density at radius 3 is 2.75 bits per heavy atom. The number of H-pyrrole nitrogens is 1. The molecule has 6 nitrogen and oxygen atoms in total. The van der Waals surface area contributed by atoms with E-state index in [1.165, 1.54) is 25.3 Å². The summed E-state index contributed by atoms with van der Waals surface area (Å²) in [7, 11) is 1.24. The normalized spacial score (nSPS) is 10.8. The highest BCUT2D eigenvalue weighted by molar-refractivity contribution is 6.04. The van der Waals surface area contributed by atoms with Gasteiger partial charge in [0.15, 0.2) is 5.43 Å². The Balaban J connectivity index is 2.44. The maximum Gasteiger partial charge on any atom is 0.354 e. The SMILES string of the molecule is COC(=O)c1cc(=O)c2c(ccc3oc(=O)ccc32)[nH]1. The Labute approximate surface area is 111 Å². The molecule has 3 aromatic rings. The molecule has 20 heavy (non-hydrogen) atoms. The lowest BCUT2D eigenvalue weighted by Gasteiger charge is -2.04. The number of ether oxygens (including phenoxy) is 1. The van der Waals surface area contributed by atoms with Gasteiger partial charge in [0.2, 0.25) is 0 Å². The first kappa shape index (κ1) is 12.2. The standard InChI is InChI=1S/C14H9NO5/c1-19-14(18)9-6-10(16)13-7-2-5-12(17)20-11(7)4-3-8(13)15-9/h2-6H,1H3,(H,15,16). The lowest BCUT2D eigenvalue weighted by Crippen LogP contribution is -2.11. The third-order valence-electron chi connectivity index (χ3n) is 3.00. The van der Waals surface area contributed by atoms with E-state index in [4.69, 9.17) is 4.42 Å². The molecule has 6 heteroatoms. The van der Waals surface area contributed by atoms with Crippen molar-refractivity contribution in [1.82, 2.24) is 4.98 Å². The van der Waals surface area contributed by atoms with E-state index in [0.717, 1.165) is 0 Å². The van der Waals surface area contributed by atoms with E-state index in [9.17, 15) is 14.4 Å². The molecule has 1 N–H and O–H groups in total. The minimum Gasteiger partial charge on any atom is -0.464 e. The predicted molar refractivity (Wildman–Crippen MR) is 72.0 cm³/mol. The Kier molecular flexibility index (Phi) is 2.64. The summed E-state index contributed by atoms with van der Waals surface area (Å²) in [5.41, 5.74) is 0.0281. The topological polar surface area (TPSA) is 89.4 Å². The number of hydrogen-bond donors (Lipinski definition) is 1. The van der Waals surface area contributed by atoms with Gasteiger partial charge in [0.1, 0.15) is 11.3 Å². The number of pyridine rings is 1. The number of aromatic nitrogens is 1. The third-order valence-corrected chi connectivity index (χ3v) is 3.00. The van der Waals surface area contributed by atoms with E-state index < -0.39 is 11.6 Å². The van der Waals surface area contributed by atoms with Crippen LogP contribution in [0, 0.1) is 0 Å². The lowest BCUT2D eigenvalue weighted by molar-refractivity contribution is 0.0594. The molecule has 0 amide bonds. The molecular weight excluding hydrogens is 262 g/mol. The van der Waals surface area contributed by atoms with E-state index in [0.29, 0.717) is 21.9 Å². The molecule has 0 aliphatic carbocycles. The summed E-state index contributed by atoms with van der Waals surface area (Å²) in [6, 6.07) is 7.08. The zero-order valence-electron chi connectivity index (χ0n) is 10.4. The van der Waals surface area contributed by atoms with Crippen molar-refractivity contribution in [1.29, 1.82) is 0 Å². The molecule has 0 radical (unpaired) electrons. The molecule has 0 unspecified atom stereocenters. The first-order valence-corrected chi connectivity index (χ1v) is 5.78. The van der Waals surface area contributed by atoms with Crippen LogP contribution in [-0.2, 0) is 4.74 Å². The maximum atomic E-state index is 12.2. The second-order valence-electron chi connectivity index (χ2n) is 4.19. The zero-order valence-corrected chi connectivity index (χ0v) is 10.4. The van der Waals surface area contributed by atoms with Gasteiger partial charge >= 0.3 is 11.6 Å². The largest absolute Gasteiger partial charge is 0.464 e. The van der Waals surface area contributed by atoms with Gasteiger partial charge in [0, 0.05) is 17.5 Å². The molecule has 0 aliphatic heterocycles. The van der Waals surface area contributed by atoms with E-state index in [-0.39, 0.29) is 11.1 Å². The maximum absolute atomic E-state index is 12.2. The fraction of sp³-hybridized carbons (Fsp3) is 0.0714. The summed E-state index contributed by atoms with van der Waals surface area (Å²) in [6.07, 6.45) is 0. The predicted octanol–water partition coefficient (Wildman–Crippen LogP) is 1.42. The van der Waals surface area contributed by atoms with Crippen molar-refractivity contribution < 1.29 is 13.9 Å². The number of carbonyl (C=O) groups is 1. The summed E-state index contributed by atoms with van der Waals surface area (Å²) < 4.78 is 9.60. The van der Waals surface area contributed by atoms with Crippen molar-refractivity contribution in [3.05, 3.63) is 56.7 Å². The fourth-order valence-corrected chi connectivity index (χ4v) is 2.12. The van der Waals surface area contributed by atoms with Gasteiger partial charge < -0.3 is 14.1 Å². The molecule has 2 heterocycles. The molecular formula is C14H9NO5. The molecule has 0 bridgehead atoms. The highest BCUT2D eigenvalue weighted by atomic mass is 16.5. The van der Waals surface area contributed by atoms with E-state index in [1.807, 2.05) is 0 Å². The first-order valence-electron chi connectivity index (χ1n) is 5.78. The van der Waals surface area contributed by atoms with Gasteiger partial charge in [-0.15, -0.1) is 0 Å². The van der Waals surface area contributed by atoms with E-state index in [1.54, 1.807) is 12.1 Å². The number of esters is 1. The van der Waals surface area contributed by atoms with Crippen molar-refractivity contribution in [2.45, 2.75) is 0 Å². The Hall–Kier alpha value is -2.89. The number of fused-ring (bicyclic) bond motifs is 3. The molecule has 0 spiro atoms. The van der Waals surface area contributed by atoms with Gasteiger partial charge in [-0.25, -0.2) is 9.59 Å². The van der Waals surface area contributed by atoms with Gasteiger partial charge in [-0.05, 0) is 18.2 Å². The average molecular weight is 271 g/mol. The number of hydrogen-bond acceptors (Lipinski definition) is 5. The number of benzene rings is 1. The van der Waals surface area contributed by atoms with Crippen LogP contribution in [0.2, 0.25) is 0 Å². The summed E-state index contributed by atoms with van der Waals surface area (Å²) >= 11 is 0. The van der Waals surface area contributed by atoms with Crippen molar-refractivity contribution in [3.8, 4) is 0 Å². The van der Waals surface area contributed by atoms with Gasteiger partial charge in [-0.3, -0.25) is 4.79 Å². The minimum absolute atomic E-state index is 0.0710. The second kappa shape index (κ2) is 4.34. The molecule has 100 valence electrons. The minimum atomic E-state index is -0.622. The highest BCUT2D eigenvalue weighted by Crippen LogP contribution is 2.20. The van der Waals surface area contributed by atoms with Crippen molar-refractivity contribution in [3.63, 3.8) is 0 Å². The van der Waals surface area contributed by atoms with Crippen LogP contribution in [0.3, 0.4) is 0 Å². The average Bonchev–Trinajstić information content (AvgIpc) is 2.45. The molecule has 0 aliphatic rings. The van der Waals surface area contributed by atoms with Crippen LogP contribution in [0.15, 0.2) is 44.3 Å². The van der Waals surface area contributed by atoms with Crippen LogP contribution in [0.4, 0.5) is 0 Å². The molecule has 2 aromatic heterocycles. The summed E-state index contributed by atoms with van der Waals surface area (Å²) in [5.74, 6) is -0.622. The fourth-order valence-electron chi connectivity index (χ4n) is 2.12. The van der Waals surface area contributed by atoms with Crippen LogP contribution < -0.4 is 11.1 Å². The van der Waals surface area contributed by atoms with Crippen LogP contribution in [0.5, 0.6) is 0 Å². The summed E-state index contributed by atoms with van der Waals surface area (Å²) in [4.78, 5) is 37.6. The van der Waals surface area contributed by atoms with Gasteiger partial charge in [-0.2, -0.15) is 0 Å². The highest BCUT2D eigenvalue weighted by Gasteiger charge is 2.12. The van der Waals surface area contributed by atoms with Crippen molar-refractivity contribution in [2.24, 2.45) is 0 Å². The molecule has 0 fully saturated rings. The number of nitrogens with one attached hydrogen (secondary N) is 1. The second-order valence-corrected chi connectivity index (χ2v) is 4.19. The van der Waals surface area contributed by atoms with Crippen LogP contribution in [0.25, 0.3) is 21.9 Å². The van der Waals surface area contributed by atoms with Crippen molar-refractivity contribution >= 4 is 27.8 Å². The third kappa shape index (κ3) is 1.78. The van der Waals surface area contributed by atoms with Crippen molar-refractivity contribution in [2.75, 3.05) is 7.11 Å².